The second kappa shape index (κ2) is 8.20. The summed E-state index contributed by atoms with van der Waals surface area (Å²) in [6.45, 7) is 6.72. The van der Waals surface area contributed by atoms with Crippen LogP contribution in [0, 0.1) is 11.2 Å². The second-order valence-corrected chi connectivity index (χ2v) is 11.4. The van der Waals surface area contributed by atoms with E-state index >= 15 is 4.39 Å². The summed E-state index contributed by atoms with van der Waals surface area (Å²) in [5.74, 6) is -0.928. The fourth-order valence-electron chi connectivity index (χ4n) is 4.50. The van der Waals surface area contributed by atoms with Crippen LogP contribution in [0.5, 0.6) is 5.75 Å². The van der Waals surface area contributed by atoms with Crippen LogP contribution in [0.15, 0.2) is 36.4 Å². The van der Waals surface area contributed by atoms with Gasteiger partial charge in [0.2, 0.25) is 6.36 Å². The molecule has 1 fully saturated rings. The molecular formula is C24H26F2N2O4S. The number of Topliss-reactive ketones (excluding diaryl/α,β-unsaturated/α-hetero) is 1. The standard InChI is InChI=1S/C24H26F2N2O4S/c1-14(2)28-23-19(22(27-28)16-6-5-7-17(10-16)32-15(3)25)9-8-18(21(23)26)20(29)11-24(4)12-33(30,31)13-24/h5-10,14-15H,11-13H2,1-4H3. The predicted octanol–water partition coefficient (Wildman–Crippen LogP) is 5.13. The number of benzene rings is 2. The molecule has 4 rings (SSSR count). The number of alkyl halides is 1. The van der Waals surface area contributed by atoms with Gasteiger partial charge in [-0.15, -0.1) is 0 Å². The van der Waals surface area contributed by atoms with Crippen LogP contribution < -0.4 is 4.74 Å². The zero-order chi connectivity index (χ0) is 24.1. The molecule has 0 N–H and O–H groups in total. The molecule has 176 valence electrons. The molecule has 1 saturated heterocycles. The van der Waals surface area contributed by atoms with Crippen molar-refractivity contribution in [2.75, 3.05) is 11.5 Å². The summed E-state index contributed by atoms with van der Waals surface area (Å²) in [5.41, 5.74) is 0.565. The highest BCUT2D eigenvalue weighted by molar-refractivity contribution is 7.92. The smallest absolute Gasteiger partial charge is 0.235 e. The first kappa shape index (κ1) is 23.4. The first-order valence-electron chi connectivity index (χ1n) is 10.7. The fraction of sp³-hybridized carbons (Fsp3) is 0.417. The summed E-state index contributed by atoms with van der Waals surface area (Å²) in [6, 6.07) is 9.62. The van der Waals surface area contributed by atoms with Crippen LogP contribution in [0.25, 0.3) is 22.2 Å². The van der Waals surface area contributed by atoms with Crippen LogP contribution in [-0.4, -0.2) is 41.8 Å². The zero-order valence-corrected chi connectivity index (χ0v) is 19.7. The summed E-state index contributed by atoms with van der Waals surface area (Å²) < 4.78 is 58.8. The van der Waals surface area contributed by atoms with Gasteiger partial charge in [0.15, 0.2) is 21.4 Å². The highest BCUT2D eigenvalue weighted by atomic mass is 32.2. The Bertz CT molecular complexity index is 1330. The number of fused-ring (bicyclic) bond motifs is 1. The number of nitrogens with zero attached hydrogens (tertiary/aromatic N) is 2. The number of halogens is 2. The Labute approximate surface area is 191 Å². The van der Waals surface area contributed by atoms with Gasteiger partial charge in [0.25, 0.3) is 0 Å². The minimum atomic E-state index is -3.11. The van der Waals surface area contributed by atoms with Gasteiger partial charge in [-0.2, -0.15) is 5.10 Å². The molecule has 2 heterocycles. The van der Waals surface area contributed by atoms with E-state index in [0.717, 1.165) is 0 Å². The monoisotopic (exact) mass is 476 g/mol. The third kappa shape index (κ3) is 4.51. The number of aromatic nitrogens is 2. The van der Waals surface area contributed by atoms with Crippen molar-refractivity contribution in [3.63, 3.8) is 0 Å². The second-order valence-electron chi connectivity index (χ2n) is 9.34. The van der Waals surface area contributed by atoms with Crippen LogP contribution in [-0.2, 0) is 9.84 Å². The molecule has 1 aliphatic rings. The fourth-order valence-corrected chi connectivity index (χ4v) is 6.75. The molecule has 0 amide bonds. The van der Waals surface area contributed by atoms with Gasteiger partial charge in [-0.1, -0.05) is 19.1 Å². The maximum Gasteiger partial charge on any atom is 0.235 e. The van der Waals surface area contributed by atoms with Crippen LogP contribution >= 0.6 is 0 Å². The molecule has 6 nitrogen and oxygen atoms in total. The number of hydrogen-bond donors (Lipinski definition) is 0. The largest absolute Gasteiger partial charge is 0.461 e. The molecule has 0 aliphatic carbocycles. The Morgan fingerprint density at radius 2 is 1.91 bits per heavy atom. The van der Waals surface area contributed by atoms with E-state index in [1.807, 2.05) is 13.8 Å². The normalized spacial score (nSPS) is 17.7. The van der Waals surface area contributed by atoms with Crippen molar-refractivity contribution in [2.24, 2.45) is 5.41 Å². The van der Waals surface area contributed by atoms with E-state index in [1.54, 1.807) is 37.3 Å². The molecule has 0 spiro atoms. The lowest BCUT2D eigenvalue weighted by Gasteiger charge is -2.37. The van der Waals surface area contributed by atoms with Crippen molar-refractivity contribution < 1.29 is 26.7 Å². The van der Waals surface area contributed by atoms with Crippen molar-refractivity contribution in [2.45, 2.75) is 46.5 Å². The van der Waals surface area contributed by atoms with Crippen LogP contribution in [0.3, 0.4) is 0 Å². The van der Waals surface area contributed by atoms with Gasteiger partial charge in [-0.05, 0) is 38.1 Å². The lowest BCUT2D eigenvalue weighted by molar-refractivity contribution is 0.0860. The number of carbonyl (C=O) groups excluding carboxylic acids is 1. The van der Waals surface area contributed by atoms with Crippen LogP contribution in [0.2, 0.25) is 0 Å². The molecule has 1 aliphatic heterocycles. The van der Waals surface area contributed by atoms with E-state index in [1.165, 1.54) is 17.7 Å². The third-order valence-corrected chi connectivity index (χ3v) is 8.00. The number of ketones is 1. The number of hydrogen-bond acceptors (Lipinski definition) is 5. The first-order chi connectivity index (χ1) is 15.4. The van der Waals surface area contributed by atoms with Gasteiger partial charge in [0.05, 0.1) is 17.1 Å². The van der Waals surface area contributed by atoms with Gasteiger partial charge in [0, 0.05) is 35.8 Å². The molecule has 1 unspecified atom stereocenters. The average molecular weight is 477 g/mol. The van der Waals surface area contributed by atoms with E-state index in [2.05, 4.69) is 5.10 Å². The number of sulfone groups is 1. The van der Waals surface area contributed by atoms with Gasteiger partial charge in [-0.3, -0.25) is 9.48 Å². The van der Waals surface area contributed by atoms with Gasteiger partial charge in [0.1, 0.15) is 17.0 Å². The van der Waals surface area contributed by atoms with Gasteiger partial charge < -0.3 is 4.74 Å². The molecule has 33 heavy (non-hydrogen) atoms. The number of rotatable bonds is 7. The van der Waals surface area contributed by atoms with E-state index in [4.69, 9.17) is 4.74 Å². The minimum absolute atomic E-state index is 0.0435. The molecule has 0 saturated carbocycles. The summed E-state index contributed by atoms with van der Waals surface area (Å²) in [7, 11) is -3.11. The van der Waals surface area contributed by atoms with E-state index in [9.17, 15) is 17.6 Å². The summed E-state index contributed by atoms with van der Waals surface area (Å²) in [5, 5.41) is 5.11. The molecular weight excluding hydrogens is 450 g/mol. The minimum Gasteiger partial charge on any atom is -0.461 e. The topological polar surface area (TPSA) is 78.3 Å². The van der Waals surface area contributed by atoms with Gasteiger partial charge in [-0.25, -0.2) is 17.2 Å². The molecule has 2 aromatic carbocycles. The Kier molecular flexibility index (Phi) is 5.80. The van der Waals surface area contributed by atoms with E-state index in [0.29, 0.717) is 22.4 Å². The lowest BCUT2D eigenvalue weighted by atomic mass is 9.86. The maximum atomic E-state index is 15.7. The number of ether oxygens (including phenoxy) is 1. The molecule has 0 bridgehead atoms. The van der Waals surface area contributed by atoms with Crippen molar-refractivity contribution in [3.8, 4) is 17.0 Å². The summed E-state index contributed by atoms with van der Waals surface area (Å²) in [4.78, 5) is 12.9. The molecule has 0 radical (unpaired) electrons. The van der Waals surface area contributed by atoms with Gasteiger partial charge >= 0.3 is 0 Å². The SMILES string of the molecule is CC(F)Oc1cccc(-c2nn(C(C)C)c3c(F)c(C(=O)CC4(C)CS(=O)(=O)C4)ccc23)c1. The van der Waals surface area contributed by atoms with Crippen molar-refractivity contribution in [1.82, 2.24) is 9.78 Å². The quantitative estimate of drug-likeness (QED) is 0.442. The van der Waals surface area contributed by atoms with E-state index in [-0.39, 0.29) is 35.0 Å². The van der Waals surface area contributed by atoms with Crippen molar-refractivity contribution >= 4 is 26.5 Å². The Balaban J connectivity index is 1.77. The van der Waals surface area contributed by atoms with Crippen LogP contribution in [0.1, 0.15) is 50.5 Å². The Hall–Kier alpha value is -2.81. The van der Waals surface area contributed by atoms with Crippen LogP contribution in [0.4, 0.5) is 8.78 Å². The predicted molar refractivity (Wildman–Crippen MR) is 122 cm³/mol. The highest BCUT2D eigenvalue weighted by Gasteiger charge is 2.46. The van der Waals surface area contributed by atoms with Crippen molar-refractivity contribution in [1.29, 1.82) is 0 Å². The highest BCUT2D eigenvalue weighted by Crippen LogP contribution is 2.38. The summed E-state index contributed by atoms with van der Waals surface area (Å²) in [6.07, 6.45) is -1.53. The molecule has 1 atom stereocenters. The Morgan fingerprint density at radius 1 is 1.21 bits per heavy atom. The summed E-state index contributed by atoms with van der Waals surface area (Å²) >= 11 is 0. The molecule has 1 aromatic heterocycles. The molecule has 3 aromatic rings. The lowest BCUT2D eigenvalue weighted by Crippen LogP contribution is -2.47. The first-order valence-corrected chi connectivity index (χ1v) is 12.6. The zero-order valence-electron chi connectivity index (χ0n) is 18.9. The Morgan fingerprint density at radius 3 is 2.52 bits per heavy atom. The maximum absolute atomic E-state index is 15.7. The van der Waals surface area contributed by atoms with Crippen molar-refractivity contribution in [3.05, 3.63) is 47.8 Å². The molecule has 9 heteroatoms. The van der Waals surface area contributed by atoms with E-state index < -0.39 is 33.2 Å². The third-order valence-electron chi connectivity index (χ3n) is 5.73. The number of carbonyl (C=O) groups is 1. The average Bonchev–Trinajstić information content (AvgIpc) is 3.07.